The van der Waals surface area contributed by atoms with Crippen LogP contribution in [0.4, 0.5) is 0 Å². The fourth-order valence-electron chi connectivity index (χ4n) is 3.74. The molecular formula is C27H33NO6. The lowest BCUT2D eigenvalue weighted by atomic mass is 9.93. The van der Waals surface area contributed by atoms with E-state index in [4.69, 9.17) is 13.9 Å². The first kappa shape index (κ1) is 25.3. The van der Waals surface area contributed by atoms with Gasteiger partial charge in [-0.15, -0.1) is 0 Å². The van der Waals surface area contributed by atoms with E-state index in [1.165, 1.54) is 12.3 Å². The highest BCUT2D eigenvalue weighted by Crippen LogP contribution is 2.39. The Hall–Kier alpha value is -3.32. The number of hydrogen-bond donors (Lipinski definition) is 1. The molecule has 0 spiro atoms. The molecule has 1 N–H and O–H groups in total. The second kappa shape index (κ2) is 11.2. The fourth-order valence-corrected chi connectivity index (χ4v) is 3.74. The molecule has 0 atom stereocenters. The number of fused-ring (bicyclic) bond motifs is 3. The predicted octanol–water partition coefficient (Wildman–Crippen LogP) is 5.42. The van der Waals surface area contributed by atoms with Crippen LogP contribution in [0, 0.1) is 12.8 Å². The number of carboxylic acids is 1. The van der Waals surface area contributed by atoms with Gasteiger partial charge in [-0.05, 0) is 49.1 Å². The van der Waals surface area contributed by atoms with Crippen LogP contribution < -0.4 is 10.2 Å². The summed E-state index contributed by atoms with van der Waals surface area (Å²) in [6.45, 7) is 10.1. The van der Waals surface area contributed by atoms with Gasteiger partial charge < -0.3 is 23.6 Å². The van der Waals surface area contributed by atoms with E-state index in [1.54, 1.807) is 7.11 Å². The van der Waals surface area contributed by atoms with Gasteiger partial charge in [0.05, 0.1) is 17.9 Å². The Morgan fingerprint density at radius 2 is 1.88 bits per heavy atom. The topological polar surface area (TPSA) is 90.9 Å². The molecule has 0 unspecified atom stereocenters. The Morgan fingerprint density at radius 1 is 1.15 bits per heavy atom. The van der Waals surface area contributed by atoms with Crippen molar-refractivity contribution < 1.29 is 23.8 Å². The molecule has 0 saturated carbocycles. The molecule has 182 valence electrons. The number of ether oxygens (including phenoxy) is 2. The summed E-state index contributed by atoms with van der Waals surface area (Å²) in [6.07, 6.45) is 2.89. The zero-order chi connectivity index (χ0) is 24.8. The third kappa shape index (κ3) is 5.97. The number of nitrogens with zero attached hydrogens (tertiary/aromatic N) is 1. The molecular weight excluding hydrogens is 434 g/mol. The zero-order valence-electron chi connectivity index (χ0n) is 20.5. The maximum Gasteiger partial charge on any atom is 0.341 e. The van der Waals surface area contributed by atoms with Gasteiger partial charge in [-0.3, -0.25) is 4.79 Å². The molecule has 1 aliphatic heterocycles. The van der Waals surface area contributed by atoms with Crippen LogP contribution in [-0.4, -0.2) is 36.0 Å². The number of carboxylic acid groups (broad SMARTS) is 1. The molecule has 0 saturated heterocycles. The van der Waals surface area contributed by atoms with E-state index in [0.29, 0.717) is 37.6 Å². The van der Waals surface area contributed by atoms with Crippen LogP contribution in [0.1, 0.15) is 48.9 Å². The Morgan fingerprint density at radius 3 is 2.50 bits per heavy atom. The summed E-state index contributed by atoms with van der Waals surface area (Å²) < 4.78 is 18.8. The summed E-state index contributed by atoms with van der Waals surface area (Å²) in [4.78, 5) is 23.7. The normalized spacial score (nSPS) is 11.9. The summed E-state index contributed by atoms with van der Waals surface area (Å²) in [7, 11) is 1.66. The number of aromatic carboxylic acids is 1. The molecule has 7 nitrogen and oxygen atoms in total. The van der Waals surface area contributed by atoms with Gasteiger partial charge in [0.2, 0.25) is 0 Å². The average Bonchev–Trinajstić information content (AvgIpc) is 3.21. The van der Waals surface area contributed by atoms with E-state index >= 15 is 0 Å². The quantitative estimate of drug-likeness (QED) is 0.467. The van der Waals surface area contributed by atoms with E-state index in [9.17, 15) is 14.7 Å². The third-order valence-electron chi connectivity index (χ3n) is 5.22. The predicted molar refractivity (Wildman–Crippen MR) is 132 cm³/mol. The molecule has 0 bridgehead atoms. The van der Waals surface area contributed by atoms with Crippen LogP contribution in [0.25, 0.3) is 22.6 Å². The molecule has 1 aliphatic rings. The number of hydrogen-bond acceptors (Lipinski definition) is 5. The standard InChI is InChI=1S/C23H23NO6.C4H10/c1-14-4-5-21(30-14)17-11-16-15(10-22(17)29-9-3-8-28-2)6-7-24-13-18(23(26)27)20(25)12-19(16)24;1-4(2)3/h4-5,10-13H,3,6-9H2,1-2H3,(H,26,27);4H,1-3H3. The van der Waals surface area contributed by atoms with E-state index in [0.717, 1.165) is 40.5 Å². The lowest BCUT2D eigenvalue weighted by molar-refractivity contribution is 0.0694. The van der Waals surface area contributed by atoms with Crippen LogP contribution >= 0.6 is 0 Å². The van der Waals surface area contributed by atoms with Crippen molar-refractivity contribution in [1.29, 1.82) is 0 Å². The van der Waals surface area contributed by atoms with Crippen LogP contribution in [0.15, 0.2) is 45.7 Å². The smallest absolute Gasteiger partial charge is 0.341 e. The van der Waals surface area contributed by atoms with Crippen molar-refractivity contribution in [3.8, 4) is 28.3 Å². The van der Waals surface area contributed by atoms with Crippen LogP contribution in [-0.2, 0) is 17.7 Å². The molecule has 0 fully saturated rings. The Bertz CT molecular complexity index is 1200. The van der Waals surface area contributed by atoms with Gasteiger partial charge in [-0.2, -0.15) is 0 Å². The van der Waals surface area contributed by atoms with E-state index in [2.05, 4.69) is 20.8 Å². The fraction of sp³-hybridized carbons (Fsp3) is 0.407. The summed E-state index contributed by atoms with van der Waals surface area (Å²) in [5.41, 5.74) is 2.69. The Balaban J connectivity index is 0.000000751. The summed E-state index contributed by atoms with van der Waals surface area (Å²) >= 11 is 0. The minimum Gasteiger partial charge on any atom is -0.493 e. The molecule has 34 heavy (non-hydrogen) atoms. The minimum atomic E-state index is -1.22. The number of rotatable bonds is 7. The highest BCUT2D eigenvalue weighted by atomic mass is 16.5. The summed E-state index contributed by atoms with van der Waals surface area (Å²) in [5, 5.41) is 9.26. The van der Waals surface area contributed by atoms with Crippen LogP contribution in [0.2, 0.25) is 0 Å². The van der Waals surface area contributed by atoms with E-state index in [-0.39, 0.29) is 5.56 Å². The average molecular weight is 468 g/mol. The van der Waals surface area contributed by atoms with Gasteiger partial charge >= 0.3 is 5.97 Å². The summed E-state index contributed by atoms with van der Waals surface area (Å²) in [5.74, 6) is 1.80. The van der Waals surface area contributed by atoms with Gasteiger partial charge in [0.1, 0.15) is 22.8 Å². The van der Waals surface area contributed by atoms with Crippen molar-refractivity contribution in [2.24, 2.45) is 5.92 Å². The van der Waals surface area contributed by atoms with Crippen molar-refractivity contribution in [2.45, 2.75) is 47.1 Å². The second-order valence-electron chi connectivity index (χ2n) is 9.03. The third-order valence-corrected chi connectivity index (χ3v) is 5.22. The molecule has 7 heteroatoms. The van der Waals surface area contributed by atoms with Crippen molar-refractivity contribution in [3.63, 3.8) is 0 Å². The first-order chi connectivity index (χ1) is 16.2. The Labute approximate surface area is 199 Å². The molecule has 0 aliphatic carbocycles. The van der Waals surface area contributed by atoms with Crippen molar-refractivity contribution in [2.75, 3.05) is 20.3 Å². The van der Waals surface area contributed by atoms with Crippen LogP contribution in [0.5, 0.6) is 5.75 Å². The van der Waals surface area contributed by atoms with Gasteiger partial charge in [-0.1, -0.05) is 20.8 Å². The van der Waals surface area contributed by atoms with Crippen molar-refractivity contribution >= 4 is 5.97 Å². The number of methoxy groups -OCH3 is 1. The minimum absolute atomic E-state index is 0.220. The van der Waals surface area contributed by atoms with Crippen molar-refractivity contribution in [3.05, 3.63) is 63.6 Å². The van der Waals surface area contributed by atoms with Gasteiger partial charge in [0.15, 0.2) is 5.43 Å². The molecule has 0 amide bonds. The zero-order valence-corrected chi connectivity index (χ0v) is 20.5. The SMILES string of the molecule is CC(C)C.COCCCOc1cc2c(cc1-c1ccc(C)o1)-c1cc(=O)c(C(=O)O)cn1CC2. The molecule has 2 aromatic heterocycles. The number of aromatic nitrogens is 1. The monoisotopic (exact) mass is 467 g/mol. The Kier molecular flexibility index (Phi) is 8.34. The lowest BCUT2D eigenvalue weighted by Gasteiger charge is -2.24. The lowest BCUT2D eigenvalue weighted by Crippen LogP contribution is -2.22. The van der Waals surface area contributed by atoms with Crippen molar-refractivity contribution in [1.82, 2.24) is 4.57 Å². The number of benzene rings is 1. The molecule has 1 aromatic carbocycles. The van der Waals surface area contributed by atoms with Gasteiger partial charge in [0, 0.05) is 44.5 Å². The molecule has 0 radical (unpaired) electrons. The van der Waals surface area contributed by atoms with Crippen LogP contribution in [0.3, 0.4) is 0 Å². The van der Waals surface area contributed by atoms with E-state index in [1.807, 2.05) is 35.8 Å². The van der Waals surface area contributed by atoms with Gasteiger partial charge in [-0.25, -0.2) is 4.79 Å². The number of pyridine rings is 1. The number of aryl methyl sites for hydroxylation is 3. The highest BCUT2D eigenvalue weighted by molar-refractivity contribution is 5.88. The number of carbonyl (C=O) groups is 1. The summed E-state index contributed by atoms with van der Waals surface area (Å²) in [6, 6.07) is 9.14. The second-order valence-corrected chi connectivity index (χ2v) is 9.03. The van der Waals surface area contributed by atoms with Gasteiger partial charge in [0.25, 0.3) is 0 Å². The largest absolute Gasteiger partial charge is 0.493 e. The first-order valence-corrected chi connectivity index (χ1v) is 11.5. The van der Waals surface area contributed by atoms with E-state index < -0.39 is 11.4 Å². The maximum absolute atomic E-state index is 12.3. The maximum atomic E-state index is 12.3. The molecule has 3 aromatic rings. The number of furan rings is 1. The highest BCUT2D eigenvalue weighted by Gasteiger charge is 2.23. The first-order valence-electron chi connectivity index (χ1n) is 11.5. The molecule has 3 heterocycles. The molecule has 4 rings (SSSR count).